The maximum absolute atomic E-state index is 12.6. The number of nitrogens with zero attached hydrogens (tertiary/aromatic N) is 3. The minimum absolute atomic E-state index is 0.316. The van der Waals surface area contributed by atoms with Gasteiger partial charge in [0.25, 0.3) is 5.56 Å². The predicted molar refractivity (Wildman–Crippen MR) is 142 cm³/mol. The van der Waals surface area contributed by atoms with Gasteiger partial charge < -0.3 is 15.5 Å². The molecule has 34 heavy (non-hydrogen) atoms. The van der Waals surface area contributed by atoms with Crippen molar-refractivity contribution in [3.63, 3.8) is 0 Å². The number of nitrogens with one attached hydrogen (secondary N) is 3. The first-order valence-corrected chi connectivity index (χ1v) is 12.4. The third-order valence-electron chi connectivity index (χ3n) is 5.81. The fourth-order valence-corrected chi connectivity index (χ4v) is 5.09. The fourth-order valence-electron chi connectivity index (χ4n) is 4.09. The van der Waals surface area contributed by atoms with Crippen LogP contribution in [0, 0.1) is 0 Å². The van der Waals surface area contributed by atoms with Crippen LogP contribution in [-0.2, 0) is 6.42 Å². The summed E-state index contributed by atoms with van der Waals surface area (Å²) in [7, 11) is 0. The van der Waals surface area contributed by atoms with Crippen LogP contribution in [0.5, 0.6) is 0 Å². The quantitative estimate of drug-likeness (QED) is 0.314. The van der Waals surface area contributed by atoms with Crippen molar-refractivity contribution in [1.29, 1.82) is 0 Å². The van der Waals surface area contributed by atoms with Crippen molar-refractivity contribution in [3.8, 4) is 0 Å². The van der Waals surface area contributed by atoms with E-state index in [1.54, 1.807) is 24.4 Å². The van der Waals surface area contributed by atoms with Crippen molar-refractivity contribution in [1.82, 2.24) is 20.5 Å². The Morgan fingerprint density at radius 3 is 2.59 bits per heavy atom. The molecule has 0 amide bonds. The van der Waals surface area contributed by atoms with Gasteiger partial charge in [-0.2, -0.15) is 5.10 Å². The summed E-state index contributed by atoms with van der Waals surface area (Å²) in [6.45, 7) is 3.85. The van der Waals surface area contributed by atoms with E-state index < -0.39 is 0 Å². The number of halogens is 3. The number of aromatic amines is 1. The second kappa shape index (κ2) is 9.92. The maximum Gasteiger partial charge on any atom is 0.275 e. The van der Waals surface area contributed by atoms with E-state index in [1.165, 1.54) is 0 Å². The highest BCUT2D eigenvalue weighted by Crippen LogP contribution is 2.33. The Kier molecular flexibility index (Phi) is 6.74. The second-order valence-electron chi connectivity index (χ2n) is 8.03. The molecule has 1 saturated heterocycles. The minimum Gasteiger partial charge on any atom is -0.369 e. The van der Waals surface area contributed by atoms with E-state index in [2.05, 4.69) is 53.8 Å². The van der Waals surface area contributed by atoms with Gasteiger partial charge in [0.2, 0.25) is 0 Å². The monoisotopic (exact) mass is 558 g/mol. The summed E-state index contributed by atoms with van der Waals surface area (Å²) in [6, 6.07) is 13.4. The molecule has 0 radical (unpaired) electrons. The standard InChI is InChI=1S/C24H21BrCl2N6O/c25-18-12-16(33-8-6-28-7-9-33)4-5-21(18)31-23-22-14(13-29-32-24(22)34)10-15(30-23)11-17-19(26)2-1-3-20(17)27/h1-5,10,12-13,28H,6-9,11H2,(H,30,31)(H,32,34). The van der Waals surface area contributed by atoms with Crippen LogP contribution in [0.1, 0.15) is 11.3 Å². The molecule has 174 valence electrons. The number of hydrogen-bond acceptors (Lipinski definition) is 6. The summed E-state index contributed by atoms with van der Waals surface area (Å²) < 4.78 is 0.878. The van der Waals surface area contributed by atoms with Gasteiger partial charge in [-0.05, 0) is 57.9 Å². The van der Waals surface area contributed by atoms with Crippen LogP contribution in [0.3, 0.4) is 0 Å². The molecule has 10 heteroatoms. The molecule has 5 rings (SSSR count). The average Bonchev–Trinajstić information content (AvgIpc) is 2.83. The molecule has 1 aliphatic heterocycles. The Balaban J connectivity index is 1.53. The first kappa shape index (κ1) is 23.1. The normalized spacial score (nSPS) is 13.9. The van der Waals surface area contributed by atoms with Crippen molar-refractivity contribution in [2.24, 2.45) is 0 Å². The van der Waals surface area contributed by atoms with Crippen LogP contribution in [-0.4, -0.2) is 41.4 Å². The summed E-state index contributed by atoms with van der Waals surface area (Å²) in [5, 5.41) is 15.4. The number of piperazine rings is 1. The minimum atomic E-state index is -0.316. The van der Waals surface area contributed by atoms with Gasteiger partial charge in [-0.1, -0.05) is 29.3 Å². The lowest BCUT2D eigenvalue weighted by molar-refractivity contribution is 0.589. The van der Waals surface area contributed by atoms with Crippen LogP contribution in [0.15, 0.2) is 57.9 Å². The van der Waals surface area contributed by atoms with Crippen molar-refractivity contribution >= 4 is 67.1 Å². The van der Waals surface area contributed by atoms with E-state index in [9.17, 15) is 4.79 Å². The van der Waals surface area contributed by atoms with Crippen molar-refractivity contribution in [3.05, 3.63) is 84.8 Å². The maximum atomic E-state index is 12.6. The lowest BCUT2D eigenvalue weighted by atomic mass is 10.1. The number of hydrogen-bond donors (Lipinski definition) is 3. The van der Waals surface area contributed by atoms with E-state index in [-0.39, 0.29) is 5.56 Å². The molecule has 0 aliphatic carbocycles. The molecular formula is C24H21BrCl2N6O. The van der Waals surface area contributed by atoms with Crippen LogP contribution < -0.4 is 21.1 Å². The number of anilines is 3. The number of pyridine rings is 1. The Morgan fingerprint density at radius 1 is 1.09 bits per heavy atom. The molecule has 7 nitrogen and oxygen atoms in total. The first-order valence-electron chi connectivity index (χ1n) is 10.8. The first-order chi connectivity index (χ1) is 16.5. The molecule has 0 unspecified atom stereocenters. The van der Waals surface area contributed by atoms with E-state index >= 15 is 0 Å². The average molecular weight is 560 g/mol. The molecule has 4 aromatic rings. The number of aromatic nitrogens is 3. The molecule has 3 heterocycles. The third kappa shape index (κ3) is 4.77. The lowest BCUT2D eigenvalue weighted by Crippen LogP contribution is -2.43. The van der Waals surface area contributed by atoms with Gasteiger partial charge in [0.1, 0.15) is 5.82 Å². The highest BCUT2D eigenvalue weighted by Gasteiger charge is 2.16. The molecular weight excluding hydrogens is 539 g/mol. The van der Waals surface area contributed by atoms with Crippen LogP contribution >= 0.6 is 39.1 Å². The molecule has 0 atom stereocenters. The topological polar surface area (TPSA) is 85.9 Å². The van der Waals surface area contributed by atoms with Gasteiger partial charge in [-0.25, -0.2) is 10.1 Å². The molecule has 2 aromatic carbocycles. The molecule has 0 spiro atoms. The smallest absolute Gasteiger partial charge is 0.275 e. The molecule has 2 aromatic heterocycles. The van der Waals surface area contributed by atoms with Crippen molar-refractivity contribution < 1.29 is 0 Å². The van der Waals surface area contributed by atoms with Gasteiger partial charge in [0.05, 0.1) is 17.3 Å². The summed E-state index contributed by atoms with van der Waals surface area (Å²) >= 11 is 16.4. The highest BCUT2D eigenvalue weighted by molar-refractivity contribution is 9.10. The van der Waals surface area contributed by atoms with Crippen molar-refractivity contribution in [2.45, 2.75) is 6.42 Å². The number of H-pyrrole nitrogens is 1. The largest absolute Gasteiger partial charge is 0.369 e. The zero-order chi connectivity index (χ0) is 23.7. The van der Waals surface area contributed by atoms with Gasteiger partial charge in [0.15, 0.2) is 0 Å². The summed E-state index contributed by atoms with van der Waals surface area (Å²) in [5.74, 6) is 0.440. The number of benzene rings is 2. The van der Waals surface area contributed by atoms with Crippen molar-refractivity contribution in [2.75, 3.05) is 36.4 Å². The number of fused-ring (bicyclic) bond motifs is 1. The molecule has 0 bridgehead atoms. The Hall–Kier alpha value is -2.65. The zero-order valence-electron chi connectivity index (χ0n) is 18.0. The van der Waals surface area contributed by atoms with E-state index in [0.717, 1.165) is 47.6 Å². The highest BCUT2D eigenvalue weighted by atomic mass is 79.9. The lowest BCUT2D eigenvalue weighted by Gasteiger charge is -2.29. The van der Waals surface area contributed by atoms with Crippen LogP contribution in [0.2, 0.25) is 10.0 Å². The van der Waals surface area contributed by atoms with Gasteiger partial charge in [-0.15, -0.1) is 0 Å². The fraction of sp³-hybridized carbons (Fsp3) is 0.208. The Labute approximate surface area is 214 Å². The molecule has 1 fully saturated rings. The SMILES string of the molecule is O=c1[nH]ncc2cc(Cc3c(Cl)cccc3Cl)nc(Nc3ccc(N4CCNCC4)cc3Br)c12. The summed E-state index contributed by atoms with van der Waals surface area (Å²) in [5.41, 5.74) is 3.12. The zero-order valence-corrected chi connectivity index (χ0v) is 21.1. The second-order valence-corrected chi connectivity index (χ2v) is 9.70. The van der Waals surface area contributed by atoms with Gasteiger partial charge in [0, 0.05) is 63.9 Å². The Morgan fingerprint density at radius 2 is 1.85 bits per heavy atom. The van der Waals surface area contributed by atoms with E-state index in [0.29, 0.717) is 38.8 Å². The van der Waals surface area contributed by atoms with Gasteiger partial charge in [-0.3, -0.25) is 4.79 Å². The number of rotatable bonds is 5. The Bertz CT molecular complexity index is 1400. The third-order valence-corrected chi connectivity index (χ3v) is 7.17. The van der Waals surface area contributed by atoms with E-state index in [4.69, 9.17) is 28.2 Å². The van der Waals surface area contributed by atoms with Crippen LogP contribution in [0.4, 0.5) is 17.2 Å². The summed E-state index contributed by atoms with van der Waals surface area (Å²) in [6.07, 6.45) is 2.03. The van der Waals surface area contributed by atoms with Gasteiger partial charge >= 0.3 is 0 Å². The summed E-state index contributed by atoms with van der Waals surface area (Å²) in [4.78, 5) is 19.8. The molecule has 3 N–H and O–H groups in total. The van der Waals surface area contributed by atoms with Crippen LogP contribution in [0.25, 0.3) is 10.8 Å². The molecule has 1 aliphatic rings. The molecule has 0 saturated carbocycles. The predicted octanol–water partition coefficient (Wildman–Crippen LogP) is 5.13. The van der Waals surface area contributed by atoms with E-state index in [1.807, 2.05) is 12.1 Å².